The van der Waals surface area contributed by atoms with Gasteiger partial charge in [0.1, 0.15) is 11.3 Å². The van der Waals surface area contributed by atoms with Crippen LogP contribution in [0, 0.1) is 0 Å². The van der Waals surface area contributed by atoms with Crippen molar-refractivity contribution in [3.05, 3.63) is 46.3 Å². The highest BCUT2D eigenvalue weighted by atomic mass is 16.5. The van der Waals surface area contributed by atoms with Gasteiger partial charge in [-0.3, -0.25) is 0 Å². The van der Waals surface area contributed by atoms with E-state index in [9.17, 15) is 9.90 Å². The molecule has 0 fully saturated rings. The smallest absolute Gasteiger partial charge is 0.336 e. The number of benzene rings is 1. The SMILES string of the molecule is COc1cc2oc(=O)ccc2cc1/C=C/C(C)(C)O. The van der Waals surface area contributed by atoms with E-state index in [2.05, 4.69) is 0 Å². The summed E-state index contributed by atoms with van der Waals surface area (Å²) in [5.41, 5.74) is -0.00600. The van der Waals surface area contributed by atoms with Gasteiger partial charge in [-0.05, 0) is 26.0 Å². The molecule has 1 N–H and O–H groups in total. The fourth-order valence-electron chi connectivity index (χ4n) is 1.72. The molecular weight excluding hydrogens is 244 g/mol. The molecule has 0 atom stereocenters. The van der Waals surface area contributed by atoms with Gasteiger partial charge in [-0.25, -0.2) is 4.79 Å². The minimum atomic E-state index is -0.900. The Labute approximate surface area is 110 Å². The quantitative estimate of drug-likeness (QED) is 0.862. The van der Waals surface area contributed by atoms with Crippen LogP contribution in [0.5, 0.6) is 5.75 Å². The lowest BCUT2D eigenvalue weighted by molar-refractivity contribution is 0.134. The Morgan fingerprint density at radius 2 is 2.05 bits per heavy atom. The summed E-state index contributed by atoms with van der Waals surface area (Å²) in [6, 6.07) is 6.58. The highest BCUT2D eigenvalue weighted by Gasteiger charge is 2.09. The van der Waals surface area contributed by atoms with Crippen LogP contribution in [0.15, 0.2) is 39.6 Å². The molecule has 4 nitrogen and oxygen atoms in total. The number of hydrogen-bond donors (Lipinski definition) is 1. The Morgan fingerprint density at radius 1 is 1.32 bits per heavy atom. The van der Waals surface area contributed by atoms with Gasteiger partial charge in [0.05, 0.1) is 12.7 Å². The van der Waals surface area contributed by atoms with Gasteiger partial charge in [0.2, 0.25) is 0 Å². The molecule has 0 unspecified atom stereocenters. The topological polar surface area (TPSA) is 59.7 Å². The zero-order valence-electron chi connectivity index (χ0n) is 11.1. The van der Waals surface area contributed by atoms with Crippen LogP contribution in [0.1, 0.15) is 19.4 Å². The van der Waals surface area contributed by atoms with Crippen LogP contribution in [0.3, 0.4) is 0 Å². The van der Waals surface area contributed by atoms with Crippen LogP contribution in [0.2, 0.25) is 0 Å². The summed E-state index contributed by atoms with van der Waals surface area (Å²) in [5.74, 6) is 0.586. The Morgan fingerprint density at radius 3 is 2.68 bits per heavy atom. The third-order valence-electron chi connectivity index (χ3n) is 2.64. The third kappa shape index (κ3) is 3.23. The minimum Gasteiger partial charge on any atom is -0.496 e. The van der Waals surface area contributed by atoms with Crippen molar-refractivity contribution in [1.82, 2.24) is 0 Å². The van der Waals surface area contributed by atoms with Gasteiger partial charge in [-0.2, -0.15) is 0 Å². The number of rotatable bonds is 3. The van der Waals surface area contributed by atoms with E-state index >= 15 is 0 Å². The maximum atomic E-state index is 11.2. The predicted octanol–water partition coefficient (Wildman–Crippen LogP) is 2.59. The standard InChI is InChI=1S/C15H16O4/c1-15(2,17)7-6-11-8-10-4-5-14(16)19-13(10)9-12(11)18-3/h4-9,17H,1-3H3/b7-6+. The van der Waals surface area contributed by atoms with E-state index < -0.39 is 11.2 Å². The van der Waals surface area contributed by atoms with Crippen molar-refractivity contribution in [2.45, 2.75) is 19.4 Å². The highest BCUT2D eigenvalue weighted by molar-refractivity contribution is 5.82. The molecule has 1 aromatic heterocycles. The van der Waals surface area contributed by atoms with Crippen LogP contribution in [-0.2, 0) is 0 Å². The Bertz CT molecular complexity index is 675. The first-order valence-corrected chi connectivity index (χ1v) is 5.92. The van der Waals surface area contributed by atoms with Crippen molar-refractivity contribution in [3.63, 3.8) is 0 Å². The average Bonchev–Trinajstić information content (AvgIpc) is 2.34. The number of aliphatic hydroxyl groups is 1. The normalized spacial score (nSPS) is 12.2. The highest BCUT2D eigenvalue weighted by Crippen LogP contribution is 2.26. The van der Waals surface area contributed by atoms with Crippen LogP contribution in [0.25, 0.3) is 17.0 Å². The van der Waals surface area contributed by atoms with Crippen LogP contribution >= 0.6 is 0 Å². The van der Waals surface area contributed by atoms with E-state index in [1.54, 1.807) is 45.2 Å². The summed E-state index contributed by atoms with van der Waals surface area (Å²) in [4.78, 5) is 11.2. The van der Waals surface area contributed by atoms with Crippen molar-refractivity contribution >= 4 is 17.0 Å². The first-order chi connectivity index (χ1) is 8.89. The fraction of sp³-hybridized carbons (Fsp3) is 0.267. The number of methoxy groups -OCH3 is 1. The van der Waals surface area contributed by atoms with E-state index in [0.717, 1.165) is 10.9 Å². The predicted molar refractivity (Wildman–Crippen MR) is 74.4 cm³/mol. The lowest BCUT2D eigenvalue weighted by Crippen LogP contribution is -2.13. The maximum Gasteiger partial charge on any atom is 0.336 e. The zero-order chi connectivity index (χ0) is 14.0. The summed E-state index contributed by atoms with van der Waals surface area (Å²) in [6.45, 7) is 3.38. The number of hydrogen-bond acceptors (Lipinski definition) is 4. The molecule has 1 aromatic carbocycles. The molecule has 0 aliphatic carbocycles. The maximum absolute atomic E-state index is 11.2. The molecule has 0 bridgehead atoms. The molecule has 4 heteroatoms. The Hall–Kier alpha value is -2.07. The molecule has 0 saturated heterocycles. The van der Waals surface area contributed by atoms with Crippen LogP contribution < -0.4 is 10.4 Å². The van der Waals surface area contributed by atoms with Crippen LogP contribution in [-0.4, -0.2) is 17.8 Å². The molecule has 19 heavy (non-hydrogen) atoms. The van der Waals surface area contributed by atoms with Crippen molar-refractivity contribution in [3.8, 4) is 5.75 Å². The molecule has 0 aliphatic rings. The van der Waals surface area contributed by atoms with E-state index in [1.807, 2.05) is 6.07 Å². The summed E-state index contributed by atoms with van der Waals surface area (Å²) >= 11 is 0. The first-order valence-electron chi connectivity index (χ1n) is 5.92. The molecule has 1 heterocycles. The lowest BCUT2D eigenvalue weighted by Gasteiger charge is -2.11. The molecule has 0 aliphatic heterocycles. The number of fused-ring (bicyclic) bond motifs is 1. The largest absolute Gasteiger partial charge is 0.496 e. The second-order valence-corrected chi connectivity index (χ2v) is 4.87. The van der Waals surface area contributed by atoms with Crippen LogP contribution in [0.4, 0.5) is 0 Å². The Balaban J connectivity index is 2.57. The molecular formula is C15H16O4. The fourth-order valence-corrected chi connectivity index (χ4v) is 1.72. The summed E-state index contributed by atoms with van der Waals surface area (Å²) < 4.78 is 10.4. The summed E-state index contributed by atoms with van der Waals surface area (Å²) in [7, 11) is 1.55. The molecule has 100 valence electrons. The van der Waals surface area contributed by atoms with Gasteiger partial charge in [0.15, 0.2) is 0 Å². The summed E-state index contributed by atoms with van der Waals surface area (Å²) in [5, 5.41) is 10.5. The summed E-state index contributed by atoms with van der Waals surface area (Å²) in [6.07, 6.45) is 3.46. The molecule has 0 radical (unpaired) electrons. The van der Waals surface area contributed by atoms with E-state index in [1.165, 1.54) is 6.07 Å². The van der Waals surface area contributed by atoms with Gasteiger partial charge in [-0.15, -0.1) is 0 Å². The van der Waals surface area contributed by atoms with Crippen molar-refractivity contribution in [1.29, 1.82) is 0 Å². The van der Waals surface area contributed by atoms with Crippen molar-refractivity contribution in [2.75, 3.05) is 7.11 Å². The van der Waals surface area contributed by atoms with Gasteiger partial charge >= 0.3 is 5.63 Å². The number of ether oxygens (including phenoxy) is 1. The van der Waals surface area contributed by atoms with E-state index in [0.29, 0.717) is 11.3 Å². The molecule has 0 saturated carbocycles. The third-order valence-corrected chi connectivity index (χ3v) is 2.64. The lowest BCUT2D eigenvalue weighted by atomic mass is 10.1. The van der Waals surface area contributed by atoms with Gasteiger partial charge < -0.3 is 14.3 Å². The molecule has 0 spiro atoms. The van der Waals surface area contributed by atoms with Gasteiger partial charge in [0, 0.05) is 23.1 Å². The minimum absolute atomic E-state index is 0.394. The van der Waals surface area contributed by atoms with Gasteiger partial charge in [-0.1, -0.05) is 12.2 Å². The van der Waals surface area contributed by atoms with Gasteiger partial charge in [0.25, 0.3) is 0 Å². The first kappa shape index (κ1) is 13.4. The van der Waals surface area contributed by atoms with Crippen molar-refractivity contribution < 1.29 is 14.3 Å². The zero-order valence-corrected chi connectivity index (χ0v) is 11.1. The molecule has 2 rings (SSSR count). The average molecular weight is 260 g/mol. The van der Waals surface area contributed by atoms with E-state index in [4.69, 9.17) is 9.15 Å². The second-order valence-electron chi connectivity index (χ2n) is 4.87. The molecule has 2 aromatic rings. The monoisotopic (exact) mass is 260 g/mol. The molecule has 0 amide bonds. The second kappa shape index (κ2) is 4.90. The van der Waals surface area contributed by atoms with Crippen molar-refractivity contribution in [2.24, 2.45) is 0 Å². The Kier molecular flexibility index (Phi) is 3.44. The van der Waals surface area contributed by atoms with E-state index in [-0.39, 0.29) is 0 Å².